The van der Waals surface area contributed by atoms with E-state index in [-0.39, 0.29) is 0 Å². The number of nitrogens with two attached hydrogens (primary N) is 1. The fourth-order valence-electron chi connectivity index (χ4n) is 3.62. The van der Waals surface area contributed by atoms with E-state index in [0.29, 0.717) is 31.3 Å². The van der Waals surface area contributed by atoms with Crippen molar-refractivity contribution in [2.75, 3.05) is 33.8 Å². The molecule has 0 aromatic heterocycles. The zero-order chi connectivity index (χ0) is 16.8. The Morgan fingerprint density at radius 3 is 2.30 bits per heavy atom. The smallest absolute Gasteiger partial charge is 0.119 e. The summed E-state index contributed by atoms with van der Waals surface area (Å²) in [4.78, 5) is 4.73. The van der Waals surface area contributed by atoms with E-state index in [0.717, 1.165) is 12.3 Å². The van der Waals surface area contributed by atoms with Crippen LogP contribution < -0.4 is 10.5 Å². The highest BCUT2D eigenvalue weighted by molar-refractivity contribution is 5.29. The van der Waals surface area contributed by atoms with E-state index >= 15 is 0 Å². The fraction of sp³-hybridized carbons (Fsp3) is 0.684. The van der Waals surface area contributed by atoms with Crippen LogP contribution in [0.4, 0.5) is 0 Å². The monoisotopic (exact) mass is 319 g/mol. The number of nitrogens with zero attached hydrogens (tertiary/aromatic N) is 2. The molecule has 3 unspecified atom stereocenters. The first-order valence-electron chi connectivity index (χ1n) is 8.88. The Morgan fingerprint density at radius 2 is 1.78 bits per heavy atom. The van der Waals surface area contributed by atoms with E-state index in [1.807, 2.05) is 0 Å². The average Bonchev–Trinajstić information content (AvgIpc) is 2.52. The van der Waals surface area contributed by atoms with Crippen LogP contribution in [0.5, 0.6) is 5.75 Å². The highest BCUT2D eigenvalue weighted by atomic mass is 16.5. The van der Waals surface area contributed by atoms with Crippen molar-refractivity contribution < 1.29 is 4.74 Å². The molecule has 4 nitrogen and oxygen atoms in total. The molecule has 0 amide bonds. The van der Waals surface area contributed by atoms with E-state index in [1.165, 1.54) is 24.8 Å². The van der Waals surface area contributed by atoms with Gasteiger partial charge < -0.3 is 15.4 Å². The van der Waals surface area contributed by atoms with E-state index in [9.17, 15) is 0 Å². The minimum absolute atomic E-state index is 0.302. The summed E-state index contributed by atoms with van der Waals surface area (Å²) in [6, 6.07) is 10.0. The van der Waals surface area contributed by atoms with Crippen molar-refractivity contribution in [3.63, 3.8) is 0 Å². The van der Waals surface area contributed by atoms with Gasteiger partial charge in [-0.2, -0.15) is 0 Å². The minimum atomic E-state index is 0.302. The standard InChI is InChI=1S/C19H33N3O/c1-15-6-5-7-16(2)22(15)19(14-20)17-8-10-18(11-9-17)23-13-12-21(3)4/h8-11,15-16,19H,5-7,12-14,20H2,1-4H3. The molecule has 1 fully saturated rings. The summed E-state index contributed by atoms with van der Waals surface area (Å²) in [6.45, 7) is 6.96. The highest BCUT2D eigenvalue weighted by Crippen LogP contribution is 2.32. The molecule has 0 radical (unpaired) electrons. The van der Waals surface area contributed by atoms with Gasteiger partial charge in [0.05, 0.1) is 0 Å². The molecule has 130 valence electrons. The van der Waals surface area contributed by atoms with E-state index in [4.69, 9.17) is 10.5 Å². The first kappa shape index (κ1) is 18.2. The van der Waals surface area contributed by atoms with Crippen molar-refractivity contribution in [2.24, 2.45) is 5.73 Å². The zero-order valence-corrected chi connectivity index (χ0v) is 15.2. The van der Waals surface area contributed by atoms with Crippen LogP contribution in [0, 0.1) is 0 Å². The molecule has 1 saturated heterocycles. The van der Waals surface area contributed by atoms with Gasteiger partial charge in [0.1, 0.15) is 12.4 Å². The number of hydrogen-bond donors (Lipinski definition) is 1. The molecule has 1 heterocycles. The number of likely N-dealkylation sites (tertiary alicyclic amines) is 1. The maximum Gasteiger partial charge on any atom is 0.119 e. The quantitative estimate of drug-likeness (QED) is 0.839. The van der Waals surface area contributed by atoms with Crippen LogP contribution in [0.3, 0.4) is 0 Å². The van der Waals surface area contributed by atoms with Gasteiger partial charge in [-0.25, -0.2) is 0 Å². The Kier molecular flexibility index (Phi) is 6.88. The summed E-state index contributed by atoms with van der Waals surface area (Å²) in [5.74, 6) is 0.936. The van der Waals surface area contributed by atoms with Crippen LogP contribution >= 0.6 is 0 Å². The number of piperidine rings is 1. The lowest BCUT2D eigenvalue weighted by Crippen LogP contribution is -2.48. The van der Waals surface area contributed by atoms with Gasteiger partial charge in [-0.3, -0.25) is 4.90 Å². The molecule has 2 rings (SSSR count). The van der Waals surface area contributed by atoms with Gasteiger partial charge in [-0.1, -0.05) is 18.6 Å². The topological polar surface area (TPSA) is 41.7 Å². The molecule has 0 saturated carbocycles. The molecule has 1 aromatic rings. The number of benzene rings is 1. The molecule has 3 atom stereocenters. The van der Waals surface area contributed by atoms with Crippen LogP contribution in [0.25, 0.3) is 0 Å². The molecule has 1 aliphatic rings. The lowest BCUT2D eigenvalue weighted by atomic mass is 9.92. The molecule has 2 N–H and O–H groups in total. The highest BCUT2D eigenvalue weighted by Gasteiger charge is 2.31. The van der Waals surface area contributed by atoms with Crippen molar-refractivity contribution in [3.05, 3.63) is 29.8 Å². The third-order valence-corrected chi connectivity index (χ3v) is 4.92. The van der Waals surface area contributed by atoms with Crippen molar-refractivity contribution in [1.82, 2.24) is 9.80 Å². The Hall–Kier alpha value is -1.10. The van der Waals surface area contributed by atoms with Crippen molar-refractivity contribution in [2.45, 2.75) is 51.2 Å². The lowest BCUT2D eigenvalue weighted by Gasteiger charge is -2.44. The molecule has 0 bridgehead atoms. The SMILES string of the molecule is CC1CCCC(C)N1C(CN)c1ccc(OCCN(C)C)cc1. The van der Waals surface area contributed by atoms with Crippen LogP contribution in [0.2, 0.25) is 0 Å². The predicted molar refractivity (Wildman–Crippen MR) is 96.9 cm³/mol. The summed E-state index contributed by atoms with van der Waals surface area (Å²) in [6.07, 6.45) is 3.87. The van der Waals surface area contributed by atoms with Crippen LogP contribution in [0.15, 0.2) is 24.3 Å². The van der Waals surface area contributed by atoms with Crippen LogP contribution in [-0.4, -0.2) is 55.7 Å². The van der Waals surface area contributed by atoms with Crippen molar-refractivity contribution in [1.29, 1.82) is 0 Å². The van der Waals surface area contributed by atoms with Crippen molar-refractivity contribution >= 4 is 0 Å². The first-order chi connectivity index (χ1) is 11.0. The molecule has 0 spiro atoms. The van der Waals surface area contributed by atoms with E-state index in [2.05, 4.69) is 62.0 Å². The minimum Gasteiger partial charge on any atom is -0.492 e. The summed E-state index contributed by atoms with van der Waals surface area (Å²) < 4.78 is 5.79. The molecule has 1 aliphatic heterocycles. The summed E-state index contributed by atoms with van der Waals surface area (Å²) in [7, 11) is 4.11. The van der Waals surface area contributed by atoms with Gasteiger partial charge in [0, 0.05) is 31.2 Å². The maximum atomic E-state index is 6.13. The van der Waals surface area contributed by atoms with Gasteiger partial charge in [0.25, 0.3) is 0 Å². The second-order valence-electron chi connectivity index (χ2n) is 7.05. The molecule has 0 aliphatic carbocycles. The number of likely N-dealkylation sites (N-methyl/N-ethyl adjacent to an activating group) is 1. The lowest BCUT2D eigenvalue weighted by molar-refractivity contribution is 0.0577. The van der Waals surface area contributed by atoms with Crippen LogP contribution in [-0.2, 0) is 0 Å². The molecule has 23 heavy (non-hydrogen) atoms. The van der Waals surface area contributed by atoms with Gasteiger partial charge in [-0.15, -0.1) is 0 Å². The van der Waals surface area contributed by atoms with Crippen LogP contribution in [0.1, 0.15) is 44.7 Å². The Labute approximate surface area is 141 Å². The summed E-state index contributed by atoms with van der Waals surface area (Å²) >= 11 is 0. The Balaban J connectivity index is 2.03. The summed E-state index contributed by atoms with van der Waals surface area (Å²) in [5.41, 5.74) is 7.43. The zero-order valence-electron chi connectivity index (χ0n) is 15.2. The summed E-state index contributed by atoms with van der Waals surface area (Å²) in [5, 5.41) is 0. The molecular weight excluding hydrogens is 286 g/mol. The third-order valence-electron chi connectivity index (χ3n) is 4.92. The third kappa shape index (κ3) is 4.93. The average molecular weight is 319 g/mol. The van der Waals surface area contributed by atoms with E-state index < -0.39 is 0 Å². The largest absolute Gasteiger partial charge is 0.492 e. The maximum absolute atomic E-state index is 6.13. The number of ether oxygens (including phenoxy) is 1. The van der Waals surface area contributed by atoms with Gasteiger partial charge in [0.15, 0.2) is 0 Å². The second kappa shape index (κ2) is 8.67. The van der Waals surface area contributed by atoms with Gasteiger partial charge in [-0.05, 0) is 58.5 Å². The van der Waals surface area contributed by atoms with E-state index in [1.54, 1.807) is 0 Å². The molecule has 4 heteroatoms. The second-order valence-corrected chi connectivity index (χ2v) is 7.05. The Morgan fingerprint density at radius 1 is 1.17 bits per heavy atom. The number of rotatable bonds is 7. The fourth-order valence-corrected chi connectivity index (χ4v) is 3.62. The molecule has 1 aromatic carbocycles. The normalized spacial score (nSPS) is 23.9. The first-order valence-corrected chi connectivity index (χ1v) is 8.88. The van der Waals surface area contributed by atoms with Gasteiger partial charge in [0.2, 0.25) is 0 Å². The Bertz CT molecular complexity index is 450. The predicted octanol–water partition coefficient (Wildman–Crippen LogP) is 2.89. The van der Waals surface area contributed by atoms with Crippen molar-refractivity contribution in [3.8, 4) is 5.75 Å². The number of hydrogen-bond acceptors (Lipinski definition) is 4. The van der Waals surface area contributed by atoms with Gasteiger partial charge >= 0.3 is 0 Å². The molecular formula is C19H33N3O.